The van der Waals surface area contributed by atoms with Crippen LogP contribution >= 0.6 is 0 Å². The van der Waals surface area contributed by atoms with Crippen molar-refractivity contribution < 1.29 is 9.90 Å². The molecule has 1 N–H and O–H groups in total. The summed E-state index contributed by atoms with van der Waals surface area (Å²) in [7, 11) is 1.83. The lowest BCUT2D eigenvalue weighted by atomic mass is 10.2. The van der Waals surface area contributed by atoms with E-state index in [1.54, 1.807) is 12.4 Å². The van der Waals surface area contributed by atoms with E-state index in [2.05, 4.69) is 9.97 Å². The third-order valence-corrected chi connectivity index (χ3v) is 2.09. The van der Waals surface area contributed by atoms with Crippen LogP contribution in [0.2, 0.25) is 0 Å². The van der Waals surface area contributed by atoms with E-state index in [0.29, 0.717) is 0 Å². The Bertz CT molecular complexity index is 302. The van der Waals surface area contributed by atoms with Gasteiger partial charge in [-0.05, 0) is 6.92 Å². The summed E-state index contributed by atoms with van der Waals surface area (Å²) in [4.78, 5) is 20.1. The SMILES string of the molecule is CC(CC(=O)O)N(C)c1cncnc1. The highest BCUT2D eigenvalue weighted by molar-refractivity contribution is 5.68. The van der Waals surface area contributed by atoms with Gasteiger partial charge in [-0.3, -0.25) is 4.79 Å². The number of nitrogens with zero attached hydrogens (tertiary/aromatic N) is 3. The summed E-state index contributed by atoms with van der Waals surface area (Å²) >= 11 is 0. The van der Waals surface area contributed by atoms with E-state index in [9.17, 15) is 4.79 Å². The predicted molar refractivity (Wildman–Crippen MR) is 52.1 cm³/mol. The van der Waals surface area contributed by atoms with E-state index in [1.807, 2.05) is 18.9 Å². The van der Waals surface area contributed by atoms with Gasteiger partial charge in [-0.25, -0.2) is 9.97 Å². The summed E-state index contributed by atoms with van der Waals surface area (Å²) in [6.07, 6.45) is 4.86. The second-order valence-electron chi connectivity index (χ2n) is 3.15. The molecule has 0 spiro atoms. The number of rotatable bonds is 4. The molecule has 0 radical (unpaired) electrons. The first-order valence-electron chi connectivity index (χ1n) is 4.31. The lowest BCUT2D eigenvalue weighted by Gasteiger charge is -2.24. The van der Waals surface area contributed by atoms with Crippen LogP contribution in [0.1, 0.15) is 13.3 Å². The zero-order chi connectivity index (χ0) is 10.6. The summed E-state index contributed by atoms with van der Waals surface area (Å²) in [5.74, 6) is -0.804. The second-order valence-corrected chi connectivity index (χ2v) is 3.15. The molecule has 1 atom stereocenters. The topological polar surface area (TPSA) is 66.3 Å². The minimum atomic E-state index is -0.804. The number of aromatic nitrogens is 2. The molecule has 0 aromatic carbocycles. The molecule has 5 nitrogen and oxygen atoms in total. The van der Waals surface area contributed by atoms with Gasteiger partial charge >= 0.3 is 5.97 Å². The number of carbonyl (C=O) groups is 1. The molecule has 76 valence electrons. The Morgan fingerprint density at radius 2 is 2.14 bits per heavy atom. The summed E-state index contributed by atoms with van der Waals surface area (Å²) < 4.78 is 0. The third-order valence-electron chi connectivity index (χ3n) is 2.09. The molecular formula is C9H13N3O2. The first kappa shape index (κ1) is 10.4. The number of anilines is 1. The molecule has 1 unspecified atom stereocenters. The van der Waals surface area contributed by atoms with Gasteiger partial charge in [-0.15, -0.1) is 0 Å². The molecule has 5 heteroatoms. The van der Waals surface area contributed by atoms with Crippen LogP contribution in [0, 0.1) is 0 Å². The molecule has 1 aromatic heterocycles. The molecule has 0 fully saturated rings. The maximum atomic E-state index is 10.5. The molecule has 0 saturated heterocycles. The number of hydrogen-bond acceptors (Lipinski definition) is 4. The van der Waals surface area contributed by atoms with Crippen molar-refractivity contribution in [2.75, 3.05) is 11.9 Å². The Morgan fingerprint density at radius 1 is 1.57 bits per heavy atom. The van der Waals surface area contributed by atoms with Crippen molar-refractivity contribution in [3.05, 3.63) is 18.7 Å². The summed E-state index contributed by atoms with van der Waals surface area (Å²) in [5, 5.41) is 8.62. The van der Waals surface area contributed by atoms with Crippen molar-refractivity contribution in [1.29, 1.82) is 0 Å². The van der Waals surface area contributed by atoms with E-state index in [0.717, 1.165) is 5.69 Å². The van der Waals surface area contributed by atoms with Gasteiger partial charge in [0.05, 0.1) is 24.5 Å². The van der Waals surface area contributed by atoms with E-state index < -0.39 is 5.97 Å². The normalized spacial score (nSPS) is 12.1. The van der Waals surface area contributed by atoms with Gasteiger partial charge in [0.1, 0.15) is 6.33 Å². The standard InChI is InChI=1S/C9H13N3O2/c1-7(3-9(13)14)12(2)8-4-10-6-11-5-8/h4-7H,3H2,1-2H3,(H,13,14). The Kier molecular flexibility index (Phi) is 3.39. The first-order valence-corrected chi connectivity index (χ1v) is 4.31. The second kappa shape index (κ2) is 4.55. The molecule has 1 aromatic rings. The van der Waals surface area contributed by atoms with E-state index in [1.165, 1.54) is 6.33 Å². The Balaban J connectivity index is 2.65. The van der Waals surface area contributed by atoms with Crippen LogP contribution < -0.4 is 4.90 Å². The summed E-state index contributed by atoms with van der Waals surface area (Å²) in [5.41, 5.74) is 0.821. The average molecular weight is 195 g/mol. The molecule has 0 amide bonds. The van der Waals surface area contributed by atoms with Gasteiger partial charge in [0.2, 0.25) is 0 Å². The monoisotopic (exact) mass is 195 g/mol. The molecule has 0 saturated carbocycles. The van der Waals surface area contributed by atoms with E-state index >= 15 is 0 Å². The average Bonchev–Trinajstić information content (AvgIpc) is 2.17. The van der Waals surface area contributed by atoms with Gasteiger partial charge in [0.15, 0.2) is 0 Å². The van der Waals surface area contributed by atoms with Crippen LogP contribution in [-0.4, -0.2) is 34.1 Å². The van der Waals surface area contributed by atoms with E-state index in [-0.39, 0.29) is 12.5 Å². The molecule has 0 aliphatic heterocycles. The summed E-state index contributed by atoms with van der Waals surface area (Å²) in [6, 6.07) is -0.0708. The van der Waals surface area contributed by atoms with Crippen LogP contribution in [0.25, 0.3) is 0 Å². The van der Waals surface area contributed by atoms with Crippen molar-refractivity contribution in [3.63, 3.8) is 0 Å². The Morgan fingerprint density at radius 3 is 2.64 bits per heavy atom. The summed E-state index contributed by atoms with van der Waals surface area (Å²) in [6.45, 7) is 1.85. The molecule has 1 rings (SSSR count). The van der Waals surface area contributed by atoms with Gasteiger partial charge < -0.3 is 10.0 Å². The molecule has 14 heavy (non-hydrogen) atoms. The van der Waals surface area contributed by atoms with Crippen LogP contribution in [0.3, 0.4) is 0 Å². The molecule has 0 bridgehead atoms. The lowest BCUT2D eigenvalue weighted by Crippen LogP contribution is -2.31. The van der Waals surface area contributed by atoms with Crippen molar-refractivity contribution >= 4 is 11.7 Å². The Labute approximate surface area is 82.4 Å². The fraction of sp³-hybridized carbons (Fsp3) is 0.444. The van der Waals surface area contributed by atoms with Gasteiger partial charge in [0, 0.05) is 13.1 Å². The van der Waals surface area contributed by atoms with Crippen molar-refractivity contribution in [2.24, 2.45) is 0 Å². The zero-order valence-electron chi connectivity index (χ0n) is 8.21. The number of hydrogen-bond donors (Lipinski definition) is 1. The lowest BCUT2D eigenvalue weighted by molar-refractivity contribution is -0.137. The van der Waals surface area contributed by atoms with Gasteiger partial charge in [-0.2, -0.15) is 0 Å². The minimum Gasteiger partial charge on any atom is -0.481 e. The predicted octanol–water partition coefficient (Wildman–Crippen LogP) is 0.776. The largest absolute Gasteiger partial charge is 0.481 e. The highest BCUT2D eigenvalue weighted by atomic mass is 16.4. The van der Waals surface area contributed by atoms with Crippen LogP contribution in [0.15, 0.2) is 18.7 Å². The minimum absolute atomic E-state index is 0.0708. The van der Waals surface area contributed by atoms with Gasteiger partial charge in [-0.1, -0.05) is 0 Å². The Hall–Kier alpha value is -1.65. The quantitative estimate of drug-likeness (QED) is 0.768. The third kappa shape index (κ3) is 2.69. The van der Waals surface area contributed by atoms with Crippen LogP contribution in [-0.2, 0) is 4.79 Å². The first-order chi connectivity index (χ1) is 6.61. The fourth-order valence-electron chi connectivity index (χ4n) is 1.12. The highest BCUT2D eigenvalue weighted by Crippen LogP contribution is 2.13. The maximum absolute atomic E-state index is 10.5. The van der Waals surface area contributed by atoms with E-state index in [4.69, 9.17) is 5.11 Å². The number of carboxylic acid groups (broad SMARTS) is 1. The smallest absolute Gasteiger partial charge is 0.305 e. The van der Waals surface area contributed by atoms with Crippen molar-refractivity contribution in [2.45, 2.75) is 19.4 Å². The van der Waals surface area contributed by atoms with Crippen molar-refractivity contribution in [3.8, 4) is 0 Å². The molecular weight excluding hydrogens is 182 g/mol. The van der Waals surface area contributed by atoms with Crippen LogP contribution in [0.5, 0.6) is 0 Å². The molecule has 1 heterocycles. The van der Waals surface area contributed by atoms with Crippen molar-refractivity contribution in [1.82, 2.24) is 9.97 Å². The van der Waals surface area contributed by atoms with Crippen LogP contribution in [0.4, 0.5) is 5.69 Å². The fourth-order valence-corrected chi connectivity index (χ4v) is 1.12. The number of carboxylic acids is 1. The maximum Gasteiger partial charge on any atom is 0.305 e. The van der Waals surface area contributed by atoms with Gasteiger partial charge in [0.25, 0.3) is 0 Å². The molecule has 0 aliphatic carbocycles. The zero-order valence-corrected chi connectivity index (χ0v) is 8.21. The highest BCUT2D eigenvalue weighted by Gasteiger charge is 2.13. The number of aliphatic carboxylic acids is 1. The molecule has 0 aliphatic rings.